The average molecular weight is 257 g/mol. The van der Waals surface area contributed by atoms with E-state index in [0.29, 0.717) is 0 Å². The minimum absolute atomic E-state index is 0.766. The summed E-state index contributed by atoms with van der Waals surface area (Å²) < 4.78 is 0. The van der Waals surface area contributed by atoms with E-state index in [1.165, 1.54) is 27.1 Å². The molecule has 96 valence electrons. The summed E-state index contributed by atoms with van der Waals surface area (Å²) in [4.78, 5) is 0. The fourth-order valence-corrected chi connectivity index (χ4v) is 2.63. The summed E-state index contributed by atoms with van der Waals surface area (Å²) in [6.07, 6.45) is 2.80. The van der Waals surface area contributed by atoms with Gasteiger partial charge in [0.2, 0.25) is 0 Å². The van der Waals surface area contributed by atoms with Gasteiger partial charge in [0.1, 0.15) is 0 Å². The highest BCUT2D eigenvalue weighted by Crippen LogP contribution is 2.29. The van der Waals surface area contributed by atoms with Crippen molar-refractivity contribution in [3.05, 3.63) is 71.8 Å². The van der Waals surface area contributed by atoms with Crippen LogP contribution in [0.1, 0.15) is 12.5 Å². The highest BCUT2D eigenvalue weighted by atomic mass is 14.2. The van der Waals surface area contributed by atoms with E-state index >= 15 is 0 Å². The Morgan fingerprint density at radius 2 is 1.55 bits per heavy atom. The third-order valence-electron chi connectivity index (χ3n) is 3.67. The van der Waals surface area contributed by atoms with E-state index < -0.39 is 0 Å². The second-order valence-electron chi connectivity index (χ2n) is 5.00. The average Bonchev–Trinajstić information content (AvgIpc) is 2.51. The minimum atomic E-state index is 0.766. The van der Waals surface area contributed by atoms with Gasteiger partial charge in [-0.15, -0.1) is 0 Å². The molecule has 0 spiro atoms. The number of hydrogen-bond donors (Lipinski definition) is 0. The lowest BCUT2D eigenvalue weighted by Crippen LogP contribution is -1.89. The molecule has 3 rings (SSSR count). The van der Waals surface area contributed by atoms with Crippen molar-refractivity contribution in [3.63, 3.8) is 0 Å². The van der Waals surface area contributed by atoms with Gasteiger partial charge in [0.15, 0.2) is 0 Å². The van der Waals surface area contributed by atoms with Gasteiger partial charge in [0.05, 0.1) is 6.07 Å². The molecule has 20 heavy (non-hydrogen) atoms. The second kappa shape index (κ2) is 5.19. The first kappa shape index (κ1) is 12.4. The molecular formula is C19H15N. The smallest absolute Gasteiger partial charge is 0.0940 e. The summed E-state index contributed by atoms with van der Waals surface area (Å²) in [6.45, 7) is 1.85. The Morgan fingerprint density at radius 3 is 2.10 bits per heavy atom. The van der Waals surface area contributed by atoms with Gasteiger partial charge in [0, 0.05) is 5.57 Å². The number of hydrogen-bond acceptors (Lipinski definition) is 1. The van der Waals surface area contributed by atoms with E-state index in [1.807, 2.05) is 13.0 Å². The van der Waals surface area contributed by atoms with Gasteiger partial charge >= 0.3 is 0 Å². The Kier molecular flexibility index (Phi) is 3.23. The molecule has 0 fully saturated rings. The summed E-state index contributed by atoms with van der Waals surface area (Å²) in [7, 11) is 0. The predicted octanol–water partition coefficient (Wildman–Crippen LogP) is 5.01. The van der Waals surface area contributed by atoms with Crippen LogP contribution in [0.2, 0.25) is 0 Å². The van der Waals surface area contributed by atoms with Crippen LogP contribution in [0.25, 0.3) is 21.5 Å². The lowest BCUT2D eigenvalue weighted by molar-refractivity contribution is 1.28. The maximum atomic E-state index is 8.92. The molecule has 0 bridgehead atoms. The van der Waals surface area contributed by atoms with Crippen molar-refractivity contribution in [1.82, 2.24) is 0 Å². The molecule has 0 unspecified atom stereocenters. The number of nitrogens with zero attached hydrogens (tertiary/aromatic N) is 1. The zero-order chi connectivity index (χ0) is 13.9. The number of benzene rings is 3. The van der Waals surface area contributed by atoms with E-state index in [2.05, 4.69) is 60.7 Å². The van der Waals surface area contributed by atoms with Gasteiger partial charge in [-0.3, -0.25) is 0 Å². The summed E-state index contributed by atoms with van der Waals surface area (Å²) in [5.74, 6) is 0. The van der Waals surface area contributed by atoms with Crippen LogP contribution in [0.4, 0.5) is 0 Å². The van der Waals surface area contributed by atoms with Crippen LogP contribution in [-0.4, -0.2) is 0 Å². The number of fused-ring (bicyclic) bond motifs is 2. The normalized spacial score (nSPS) is 11.7. The van der Waals surface area contributed by atoms with Gasteiger partial charge in [0.25, 0.3) is 0 Å². The summed E-state index contributed by atoms with van der Waals surface area (Å²) in [6, 6.07) is 21.3. The van der Waals surface area contributed by atoms with Crippen molar-refractivity contribution in [3.8, 4) is 6.07 Å². The van der Waals surface area contributed by atoms with E-state index in [4.69, 9.17) is 5.26 Å². The molecule has 0 atom stereocenters. The maximum Gasteiger partial charge on any atom is 0.0940 e. The number of nitriles is 1. The van der Waals surface area contributed by atoms with Crippen molar-refractivity contribution < 1.29 is 0 Å². The standard InChI is InChI=1S/C19H15N/c1-14(13-20)10-11-19-17-8-4-2-6-15(17)12-16-7-3-5-9-18(16)19/h2-10,12H,11H2,1H3. The van der Waals surface area contributed by atoms with E-state index in [0.717, 1.165) is 12.0 Å². The summed E-state index contributed by atoms with van der Waals surface area (Å²) >= 11 is 0. The van der Waals surface area contributed by atoms with Gasteiger partial charge < -0.3 is 0 Å². The lowest BCUT2D eigenvalue weighted by atomic mass is 9.94. The topological polar surface area (TPSA) is 23.8 Å². The van der Waals surface area contributed by atoms with Crippen molar-refractivity contribution in [2.75, 3.05) is 0 Å². The van der Waals surface area contributed by atoms with Crippen molar-refractivity contribution in [2.24, 2.45) is 0 Å². The highest BCUT2D eigenvalue weighted by Gasteiger charge is 2.06. The molecule has 0 N–H and O–H groups in total. The molecule has 0 amide bonds. The molecule has 0 aromatic heterocycles. The van der Waals surface area contributed by atoms with Crippen LogP contribution in [0.15, 0.2) is 66.2 Å². The second-order valence-corrected chi connectivity index (χ2v) is 5.00. The Hall–Kier alpha value is -2.59. The predicted molar refractivity (Wildman–Crippen MR) is 84.5 cm³/mol. The van der Waals surface area contributed by atoms with Crippen LogP contribution in [0, 0.1) is 11.3 Å². The van der Waals surface area contributed by atoms with Crippen LogP contribution in [-0.2, 0) is 6.42 Å². The third kappa shape index (κ3) is 2.17. The highest BCUT2D eigenvalue weighted by molar-refractivity contribution is 6.02. The van der Waals surface area contributed by atoms with Gasteiger partial charge in [-0.05, 0) is 46.5 Å². The Balaban J connectivity index is 2.31. The molecule has 1 heteroatoms. The van der Waals surface area contributed by atoms with Crippen LogP contribution >= 0.6 is 0 Å². The Morgan fingerprint density at radius 1 is 1.00 bits per heavy atom. The molecule has 0 saturated heterocycles. The first-order valence-corrected chi connectivity index (χ1v) is 6.76. The molecular weight excluding hydrogens is 242 g/mol. The molecule has 0 aliphatic rings. The van der Waals surface area contributed by atoms with E-state index in [-0.39, 0.29) is 0 Å². The fraction of sp³-hybridized carbons (Fsp3) is 0.105. The molecule has 0 heterocycles. The lowest BCUT2D eigenvalue weighted by Gasteiger charge is -2.10. The van der Waals surface area contributed by atoms with E-state index in [9.17, 15) is 0 Å². The first-order chi connectivity index (χ1) is 9.79. The van der Waals surface area contributed by atoms with Gasteiger partial charge in [-0.25, -0.2) is 0 Å². The quantitative estimate of drug-likeness (QED) is 0.468. The van der Waals surface area contributed by atoms with Gasteiger partial charge in [-0.2, -0.15) is 5.26 Å². The monoisotopic (exact) mass is 257 g/mol. The van der Waals surface area contributed by atoms with Crippen LogP contribution in [0.5, 0.6) is 0 Å². The summed E-state index contributed by atoms with van der Waals surface area (Å²) in [5.41, 5.74) is 2.07. The SMILES string of the molecule is CC(C#N)=CCc1c2ccccc2cc2ccccc12. The summed E-state index contributed by atoms with van der Waals surface area (Å²) in [5, 5.41) is 14.0. The molecule has 1 nitrogen and oxygen atoms in total. The molecule has 3 aromatic carbocycles. The number of allylic oxidation sites excluding steroid dienone is 2. The minimum Gasteiger partial charge on any atom is -0.193 e. The van der Waals surface area contributed by atoms with Crippen LogP contribution in [0.3, 0.4) is 0 Å². The molecule has 0 radical (unpaired) electrons. The van der Waals surface area contributed by atoms with Crippen LogP contribution < -0.4 is 0 Å². The van der Waals surface area contributed by atoms with Gasteiger partial charge in [-0.1, -0.05) is 54.6 Å². The fourth-order valence-electron chi connectivity index (χ4n) is 2.63. The van der Waals surface area contributed by atoms with Crippen molar-refractivity contribution in [1.29, 1.82) is 5.26 Å². The Bertz CT molecular complexity index is 796. The number of rotatable bonds is 2. The third-order valence-corrected chi connectivity index (χ3v) is 3.67. The molecule has 0 aliphatic carbocycles. The zero-order valence-corrected chi connectivity index (χ0v) is 11.4. The largest absolute Gasteiger partial charge is 0.193 e. The Labute approximate surface area is 118 Å². The first-order valence-electron chi connectivity index (χ1n) is 6.76. The van der Waals surface area contributed by atoms with Crippen molar-refractivity contribution >= 4 is 21.5 Å². The zero-order valence-electron chi connectivity index (χ0n) is 11.4. The maximum absolute atomic E-state index is 8.92. The molecule has 0 saturated carbocycles. The van der Waals surface area contributed by atoms with E-state index in [1.54, 1.807) is 0 Å². The molecule has 0 aliphatic heterocycles. The molecule has 3 aromatic rings. The van der Waals surface area contributed by atoms with Crippen molar-refractivity contribution in [2.45, 2.75) is 13.3 Å².